The van der Waals surface area contributed by atoms with Crippen LogP contribution < -0.4 is 5.56 Å². The third-order valence-corrected chi connectivity index (χ3v) is 9.75. The van der Waals surface area contributed by atoms with E-state index in [9.17, 15) is 10.1 Å². The zero-order valence-electron chi connectivity index (χ0n) is 25.9. The highest BCUT2D eigenvalue weighted by Gasteiger charge is 2.30. The Kier molecular flexibility index (Phi) is 6.87. The maximum Gasteiger partial charge on any atom is 0.280 e. The van der Waals surface area contributed by atoms with Crippen LogP contribution in [0.2, 0.25) is 0 Å². The molecule has 3 fully saturated rings. The highest BCUT2D eigenvalue weighted by molar-refractivity contribution is 5.86. The van der Waals surface area contributed by atoms with Gasteiger partial charge in [-0.2, -0.15) is 15.5 Å². The van der Waals surface area contributed by atoms with Crippen LogP contribution in [0, 0.1) is 24.2 Å². The molecule has 0 radical (unpaired) electrons. The number of aryl methyl sites for hydroxylation is 1. The first-order chi connectivity index (χ1) is 21.9. The molecule has 5 aromatic rings. The zero-order chi connectivity index (χ0) is 30.7. The van der Waals surface area contributed by atoms with Gasteiger partial charge in [0, 0.05) is 53.7 Å². The normalized spacial score (nSPS) is 18.7. The Balaban J connectivity index is 1.27. The lowest BCUT2D eigenvalue weighted by atomic mass is 9.93. The Morgan fingerprint density at radius 3 is 2.62 bits per heavy atom. The predicted octanol–water partition coefficient (Wildman–Crippen LogP) is 7.00. The summed E-state index contributed by atoms with van der Waals surface area (Å²) in [6.45, 7) is 7.37. The van der Waals surface area contributed by atoms with Gasteiger partial charge in [-0.15, -0.1) is 0 Å². The molecule has 2 saturated carbocycles. The van der Waals surface area contributed by atoms with Crippen molar-refractivity contribution in [2.45, 2.75) is 70.8 Å². The number of nitrogens with one attached hydrogen (secondary N) is 1. The Morgan fingerprint density at radius 1 is 1.02 bits per heavy atom. The van der Waals surface area contributed by atoms with Gasteiger partial charge < -0.3 is 4.98 Å². The molecule has 1 aromatic carbocycles. The molecule has 4 aromatic heterocycles. The van der Waals surface area contributed by atoms with Crippen LogP contribution in [0.3, 0.4) is 0 Å². The van der Waals surface area contributed by atoms with Crippen LogP contribution in [0.25, 0.3) is 39.1 Å². The number of aromatic nitrogens is 5. The number of piperidine rings is 1. The van der Waals surface area contributed by atoms with E-state index < -0.39 is 0 Å². The molecule has 1 N–H and O–H groups in total. The lowest BCUT2D eigenvalue weighted by Crippen LogP contribution is -2.33. The minimum absolute atomic E-state index is 0.0659. The van der Waals surface area contributed by atoms with Crippen molar-refractivity contribution in [3.63, 3.8) is 0 Å². The van der Waals surface area contributed by atoms with Crippen molar-refractivity contribution >= 4 is 10.9 Å². The van der Waals surface area contributed by atoms with Gasteiger partial charge in [0.25, 0.3) is 5.56 Å². The van der Waals surface area contributed by atoms with E-state index in [0.717, 1.165) is 90.0 Å². The maximum absolute atomic E-state index is 14.3. The first kappa shape index (κ1) is 27.9. The average molecular weight is 596 g/mol. The second kappa shape index (κ2) is 11.1. The molecule has 8 heteroatoms. The van der Waals surface area contributed by atoms with Crippen molar-refractivity contribution in [3.05, 3.63) is 93.3 Å². The van der Waals surface area contributed by atoms with Gasteiger partial charge in [-0.05, 0) is 122 Å². The number of nitrogens with zero attached hydrogens (tertiary/aromatic N) is 6. The molecule has 0 unspecified atom stereocenters. The summed E-state index contributed by atoms with van der Waals surface area (Å²) in [5, 5.41) is 19.4. The highest BCUT2D eigenvalue weighted by Crippen LogP contribution is 2.44. The molecule has 5 heterocycles. The molecule has 3 aliphatic rings. The number of likely N-dealkylation sites (tertiary alicyclic amines) is 1. The van der Waals surface area contributed by atoms with Crippen molar-refractivity contribution < 1.29 is 0 Å². The van der Waals surface area contributed by atoms with E-state index in [1.165, 1.54) is 18.4 Å². The number of rotatable bonds is 7. The van der Waals surface area contributed by atoms with E-state index in [4.69, 9.17) is 4.98 Å². The van der Waals surface area contributed by atoms with E-state index in [2.05, 4.69) is 51.4 Å². The molecular weight excluding hydrogens is 558 g/mol. The molecule has 226 valence electrons. The topological polar surface area (TPSA) is 103 Å². The van der Waals surface area contributed by atoms with Crippen LogP contribution in [-0.2, 0) is 6.54 Å². The molecule has 1 atom stereocenters. The second-order valence-electron chi connectivity index (χ2n) is 13.4. The van der Waals surface area contributed by atoms with Crippen LogP contribution in [0.4, 0.5) is 0 Å². The largest absolute Gasteiger partial charge is 0.353 e. The summed E-state index contributed by atoms with van der Waals surface area (Å²) >= 11 is 0. The first-order valence-corrected chi connectivity index (χ1v) is 16.3. The zero-order valence-corrected chi connectivity index (χ0v) is 25.9. The number of aromatic amines is 1. The van der Waals surface area contributed by atoms with E-state index in [-0.39, 0.29) is 5.56 Å². The summed E-state index contributed by atoms with van der Waals surface area (Å²) in [6, 6.07) is 16.3. The van der Waals surface area contributed by atoms with Crippen molar-refractivity contribution in [1.29, 1.82) is 5.26 Å². The Morgan fingerprint density at radius 2 is 1.87 bits per heavy atom. The van der Waals surface area contributed by atoms with Gasteiger partial charge in [0.1, 0.15) is 11.3 Å². The third kappa shape index (κ3) is 5.36. The smallest absolute Gasteiger partial charge is 0.280 e. The first-order valence-electron chi connectivity index (χ1n) is 16.3. The van der Waals surface area contributed by atoms with Crippen LogP contribution in [0.5, 0.6) is 0 Å². The van der Waals surface area contributed by atoms with Gasteiger partial charge in [-0.1, -0.05) is 13.0 Å². The standard InChI is InChI=1S/C37H37N7O/c1-22-4-3-13-43(19-22)20-28-17-31-32(25-6-7-25)21-44(37(45)36(31)40-28)34-16-27(15-33(41-34)26-8-9-26)29-10-5-24(18-38)14-30(29)35-23(2)11-12-39-42-35/h5,10-12,14-17,21-22,25-26,40H,3-4,6-9,13,19-20H2,1-2H3/t22-/m0/s1. The minimum Gasteiger partial charge on any atom is -0.353 e. The molecule has 45 heavy (non-hydrogen) atoms. The summed E-state index contributed by atoms with van der Waals surface area (Å²) in [4.78, 5) is 25.4. The Hall–Kier alpha value is -4.61. The van der Waals surface area contributed by atoms with Gasteiger partial charge in [0.15, 0.2) is 0 Å². The summed E-state index contributed by atoms with van der Waals surface area (Å²) < 4.78 is 1.77. The monoisotopic (exact) mass is 595 g/mol. The molecule has 1 saturated heterocycles. The van der Waals surface area contributed by atoms with Crippen molar-refractivity contribution in [1.82, 2.24) is 29.6 Å². The second-order valence-corrected chi connectivity index (χ2v) is 13.4. The molecular formula is C37H37N7O. The van der Waals surface area contributed by atoms with Gasteiger partial charge in [0.2, 0.25) is 0 Å². The lowest BCUT2D eigenvalue weighted by molar-refractivity contribution is 0.175. The predicted molar refractivity (Wildman–Crippen MR) is 175 cm³/mol. The highest BCUT2D eigenvalue weighted by atomic mass is 16.1. The van der Waals surface area contributed by atoms with E-state index in [1.807, 2.05) is 37.3 Å². The Bertz CT molecular complexity index is 2040. The summed E-state index contributed by atoms with van der Waals surface area (Å²) in [5.41, 5.74) is 8.98. The van der Waals surface area contributed by atoms with Gasteiger partial charge in [0.05, 0.1) is 17.3 Å². The lowest BCUT2D eigenvalue weighted by Gasteiger charge is -2.30. The summed E-state index contributed by atoms with van der Waals surface area (Å²) in [5.74, 6) is 2.19. The molecule has 0 amide bonds. The number of H-pyrrole nitrogens is 1. The Labute approximate surface area is 262 Å². The van der Waals surface area contributed by atoms with Gasteiger partial charge >= 0.3 is 0 Å². The summed E-state index contributed by atoms with van der Waals surface area (Å²) in [7, 11) is 0. The number of hydrogen-bond acceptors (Lipinski definition) is 6. The number of pyridine rings is 2. The molecule has 8 rings (SSSR count). The molecule has 1 aliphatic heterocycles. The molecule has 0 bridgehead atoms. The van der Waals surface area contributed by atoms with E-state index >= 15 is 0 Å². The van der Waals surface area contributed by atoms with Crippen LogP contribution >= 0.6 is 0 Å². The van der Waals surface area contributed by atoms with Crippen molar-refractivity contribution in [3.8, 4) is 34.3 Å². The SMILES string of the molecule is Cc1ccnnc1-c1cc(C#N)ccc1-c1cc(C2CC2)nc(-n2cc(C3CC3)c3cc(CN4CCC[C@H](C)C4)[nH]c3c2=O)c1. The number of fused-ring (bicyclic) bond motifs is 1. The average Bonchev–Trinajstić information content (AvgIpc) is 3.99. The minimum atomic E-state index is -0.0659. The maximum atomic E-state index is 14.3. The fourth-order valence-electron chi connectivity index (χ4n) is 7.07. The van der Waals surface area contributed by atoms with E-state index in [1.54, 1.807) is 10.8 Å². The molecule has 2 aliphatic carbocycles. The fourth-order valence-corrected chi connectivity index (χ4v) is 7.07. The quantitative estimate of drug-likeness (QED) is 0.217. The number of hydrogen-bond donors (Lipinski definition) is 1. The fraction of sp³-hybridized carbons (Fsp3) is 0.378. The summed E-state index contributed by atoms with van der Waals surface area (Å²) in [6.07, 6.45) is 10.7. The van der Waals surface area contributed by atoms with Crippen LogP contribution in [0.1, 0.15) is 85.4 Å². The van der Waals surface area contributed by atoms with Crippen molar-refractivity contribution in [2.75, 3.05) is 13.1 Å². The van der Waals surface area contributed by atoms with Gasteiger partial charge in [-0.25, -0.2) is 4.98 Å². The number of nitriles is 1. The third-order valence-electron chi connectivity index (χ3n) is 9.75. The van der Waals surface area contributed by atoms with Crippen LogP contribution in [-0.4, -0.2) is 42.7 Å². The molecule has 8 nitrogen and oxygen atoms in total. The van der Waals surface area contributed by atoms with Gasteiger partial charge in [-0.3, -0.25) is 14.3 Å². The van der Waals surface area contributed by atoms with E-state index in [0.29, 0.717) is 34.7 Å². The van der Waals surface area contributed by atoms with Crippen LogP contribution in [0.15, 0.2) is 59.7 Å². The molecule has 0 spiro atoms. The van der Waals surface area contributed by atoms with Crippen molar-refractivity contribution in [2.24, 2.45) is 5.92 Å². The number of benzene rings is 1.